The van der Waals surface area contributed by atoms with E-state index in [1.165, 1.54) is 11.3 Å². The smallest absolute Gasteiger partial charge is 0.116 e. The Morgan fingerprint density at radius 1 is 1.32 bits per heavy atom. The van der Waals surface area contributed by atoms with E-state index in [1.807, 2.05) is 35.7 Å². The number of carbonyl (C=O) groups is 1. The van der Waals surface area contributed by atoms with Crippen LogP contribution in [0.4, 0.5) is 0 Å². The van der Waals surface area contributed by atoms with Crippen LogP contribution in [-0.4, -0.2) is 16.7 Å². The highest BCUT2D eigenvalue weighted by Gasteiger charge is 2.16. The molecule has 4 nitrogen and oxygen atoms in total. The maximum Gasteiger partial charge on any atom is 0.116 e. The molecule has 0 fully saturated rings. The van der Waals surface area contributed by atoms with Crippen molar-refractivity contribution in [2.45, 2.75) is 5.03 Å². The van der Waals surface area contributed by atoms with Gasteiger partial charge in [0.1, 0.15) is 11.1 Å². The summed E-state index contributed by atoms with van der Waals surface area (Å²) in [4.78, 5) is 16.3. The van der Waals surface area contributed by atoms with Crippen molar-refractivity contribution < 1.29 is 9.90 Å². The average molecular weight is 386 g/mol. The van der Waals surface area contributed by atoms with Crippen LogP contribution in [0.15, 0.2) is 52.9 Å². The summed E-state index contributed by atoms with van der Waals surface area (Å²) in [6.45, 7) is 0. The number of nitriles is 1. The molecule has 3 aromatic rings. The van der Waals surface area contributed by atoms with Crippen molar-refractivity contribution in [2.24, 2.45) is 0 Å². The van der Waals surface area contributed by atoms with Gasteiger partial charge in [-0.1, -0.05) is 41.6 Å². The number of benzene rings is 1. The van der Waals surface area contributed by atoms with Gasteiger partial charge < -0.3 is 9.90 Å². The monoisotopic (exact) mass is 385 g/mol. The number of carboxylic acids is 1. The topological polar surface area (TPSA) is 76.8 Å². The van der Waals surface area contributed by atoms with Crippen LogP contribution in [0.2, 0.25) is 5.02 Å². The molecular weight excluding hydrogens is 376 g/mol. The summed E-state index contributed by atoms with van der Waals surface area (Å²) < 4.78 is 0. The third-order valence-electron chi connectivity index (χ3n) is 3.35. The van der Waals surface area contributed by atoms with E-state index >= 15 is 0 Å². The quantitative estimate of drug-likeness (QED) is 0.623. The van der Waals surface area contributed by atoms with E-state index < -0.39 is 5.97 Å². The average Bonchev–Trinajstić information content (AvgIpc) is 3.14. The molecule has 0 spiro atoms. The zero-order valence-corrected chi connectivity index (χ0v) is 15.1. The van der Waals surface area contributed by atoms with E-state index in [0.717, 1.165) is 22.2 Å². The van der Waals surface area contributed by atoms with Crippen LogP contribution in [0, 0.1) is 11.3 Å². The summed E-state index contributed by atoms with van der Waals surface area (Å²) in [6.07, 6.45) is 0. The summed E-state index contributed by atoms with van der Waals surface area (Å²) in [6, 6.07) is 15.0. The highest BCUT2D eigenvalue weighted by Crippen LogP contribution is 2.35. The minimum absolute atomic E-state index is 0.268. The van der Waals surface area contributed by atoms with Crippen molar-refractivity contribution in [3.63, 3.8) is 0 Å². The molecule has 2 heterocycles. The van der Waals surface area contributed by atoms with Gasteiger partial charge in [-0.2, -0.15) is 5.26 Å². The van der Waals surface area contributed by atoms with Crippen molar-refractivity contribution in [1.29, 1.82) is 5.26 Å². The van der Waals surface area contributed by atoms with Crippen LogP contribution < -0.4 is 5.11 Å². The Morgan fingerprint density at radius 2 is 2.08 bits per heavy atom. The Hall–Kier alpha value is -2.33. The van der Waals surface area contributed by atoms with Gasteiger partial charge in [0.25, 0.3) is 0 Å². The van der Waals surface area contributed by atoms with E-state index in [1.54, 1.807) is 12.1 Å². The number of aliphatic carboxylic acids is 1. The molecule has 25 heavy (non-hydrogen) atoms. The minimum Gasteiger partial charge on any atom is -0.549 e. The molecule has 0 amide bonds. The Bertz CT molecular complexity index is 948. The molecule has 2 aromatic heterocycles. The van der Waals surface area contributed by atoms with E-state index in [4.69, 9.17) is 11.6 Å². The summed E-state index contributed by atoms with van der Waals surface area (Å²) in [7, 11) is 0. The summed E-state index contributed by atoms with van der Waals surface area (Å²) in [5, 5.41) is 23.3. The van der Waals surface area contributed by atoms with Gasteiger partial charge >= 0.3 is 0 Å². The molecule has 0 bridgehead atoms. The molecule has 124 valence electrons. The van der Waals surface area contributed by atoms with E-state index in [9.17, 15) is 15.2 Å². The fourth-order valence-corrected chi connectivity index (χ4v) is 3.80. The maximum absolute atomic E-state index is 10.8. The lowest BCUT2D eigenvalue weighted by Gasteiger charge is -2.12. The number of hydrogen-bond acceptors (Lipinski definition) is 6. The van der Waals surface area contributed by atoms with Gasteiger partial charge in [0, 0.05) is 16.3 Å². The van der Waals surface area contributed by atoms with Crippen LogP contribution in [0.5, 0.6) is 0 Å². The summed E-state index contributed by atoms with van der Waals surface area (Å²) in [5.41, 5.74) is 2.54. The van der Waals surface area contributed by atoms with Crippen molar-refractivity contribution in [1.82, 2.24) is 4.98 Å². The molecule has 0 aliphatic carbocycles. The third-order valence-corrected chi connectivity index (χ3v) is 5.45. The predicted octanol–water partition coefficient (Wildman–Crippen LogP) is 3.84. The van der Waals surface area contributed by atoms with Gasteiger partial charge in [-0.05, 0) is 35.2 Å². The fourth-order valence-electron chi connectivity index (χ4n) is 2.27. The van der Waals surface area contributed by atoms with Gasteiger partial charge in [0.05, 0.1) is 22.1 Å². The van der Waals surface area contributed by atoms with E-state index in [2.05, 4.69) is 11.1 Å². The van der Waals surface area contributed by atoms with E-state index in [0.29, 0.717) is 26.9 Å². The van der Waals surface area contributed by atoms with E-state index in [-0.39, 0.29) is 5.75 Å². The van der Waals surface area contributed by atoms with Crippen LogP contribution in [0.1, 0.15) is 5.56 Å². The normalized spacial score (nSPS) is 10.4. The third kappa shape index (κ3) is 4.02. The molecule has 0 aliphatic heterocycles. The number of rotatable bonds is 5. The minimum atomic E-state index is -1.20. The largest absolute Gasteiger partial charge is 0.549 e. The molecule has 0 radical (unpaired) electrons. The lowest BCUT2D eigenvalue weighted by atomic mass is 10.0. The molecule has 0 unspecified atom stereocenters. The highest BCUT2D eigenvalue weighted by atomic mass is 35.5. The zero-order chi connectivity index (χ0) is 17.8. The molecule has 0 saturated heterocycles. The number of aromatic nitrogens is 1. The number of thioether (sulfide) groups is 1. The van der Waals surface area contributed by atoms with Gasteiger partial charge in [-0.3, -0.25) is 0 Å². The molecule has 0 atom stereocenters. The number of nitrogens with zero attached hydrogens (tertiary/aromatic N) is 2. The Balaban J connectivity index is 2.18. The van der Waals surface area contributed by atoms with Gasteiger partial charge in [0.2, 0.25) is 0 Å². The number of carboxylic acid groups (broad SMARTS) is 1. The molecular formula is C18H10ClN2O2S2-. The first kappa shape index (κ1) is 17.5. The number of pyridine rings is 1. The molecule has 3 rings (SSSR count). The first-order valence-electron chi connectivity index (χ1n) is 7.16. The van der Waals surface area contributed by atoms with Gasteiger partial charge in [0.15, 0.2) is 0 Å². The second-order valence-corrected chi connectivity index (χ2v) is 7.34. The lowest BCUT2D eigenvalue weighted by molar-refractivity contribution is -0.301. The summed E-state index contributed by atoms with van der Waals surface area (Å²) in [5.74, 6) is -1.47. The highest BCUT2D eigenvalue weighted by molar-refractivity contribution is 7.99. The second kappa shape index (κ2) is 7.70. The van der Waals surface area contributed by atoms with Crippen molar-refractivity contribution in [3.8, 4) is 27.8 Å². The number of hydrogen-bond donors (Lipinski definition) is 0. The predicted molar refractivity (Wildman–Crippen MR) is 98.4 cm³/mol. The first-order chi connectivity index (χ1) is 12.1. The number of thiophene rings is 1. The summed E-state index contributed by atoms with van der Waals surface area (Å²) >= 11 is 8.46. The van der Waals surface area contributed by atoms with Crippen molar-refractivity contribution in [2.75, 3.05) is 5.75 Å². The lowest BCUT2D eigenvalue weighted by Crippen LogP contribution is -2.24. The fraction of sp³-hybridized carbons (Fsp3) is 0.0556. The van der Waals surface area contributed by atoms with Gasteiger partial charge in [-0.15, -0.1) is 11.3 Å². The molecule has 7 heteroatoms. The molecule has 1 aromatic carbocycles. The Morgan fingerprint density at radius 3 is 2.68 bits per heavy atom. The van der Waals surface area contributed by atoms with Crippen molar-refractivity contribution in [3.05, 3.63) is 58.4 Å². The Kier molecular flexibility index (Phi) is 5.39. The standard InChI is InChI=1S/C18H11ClN2O2S2/c19-12-5-3-11(4-6-12)13-8-15(16-2-1-7-24-16)21-18(14(13)9-20)25-10-17(22)23/h1-8H,10H2,(H,22,23)/p-1. The second-order valence-electron chi connectivity index (χ2n) is 4.99. The van der Waals surface area contributed by atoms with Crippen LogP contribution in [-0.2, 0) is 4.79 Å². The van der Waals surface area contributed by atoms with Crippen molar-refractivity contribution >= 4 is 40.7 Å². The van der Waals surface area contributed by atoms with Gasteiger partial charge in [-0.25, -0.2) is 4.98 Å². The zero-order valence-electron chi connectivity index (χ0n) is 12.7. The maximum atomic E-state index is 10.8. The van der Waals surface area contributed by atoms with Crippen LogP contribution >= 0.6 is 34.7 Å². The molecule has 0 N–H and O–H groups in total. The Labute approximate surface area is 157 Å². The first-order valence-corrected chi connectivity index (χ1v) is 9.40. The van der Waals surface area contributed by atoms with Crippen LogP contribution in [0.3, 0.4) is 0 Å². The molecule has 0 aliphatic rings. The van der Waals surface area contributed by atoms with Crippen LogP contribution in [0.25, 0.3) is 21.7 Å². The number of halogens is 1. The molecule has 0 saturated carbocycles. The number of carbonyl (C=O) groups excluding carboxylic acids is 1. The SMILES string of the molecule is N#Cc1c(-c2ccc(Cl)cc2)cc(-c2cccs2)nc1SCC(=O)[O-].